The van der Waals surface area contributed by atoms with Crippen LogP contribution < -0.4 is 10.6 Å². The van der Waals surface area contributed by atoms with Gasteiger partial charge in [-0.3, -0.25) is 0 Å². The first-order valence-electron chi connectivity index (χ1n) is 5.81. The molecule has 1 fully saturated rings. The summed E-state index contributed by atoms with van der Waals surface area (Å²) >= 11 is 3.49. The van der Waals surface area contributed by atoms with Gasteiger partial charge in [-0.25, -0.2) is 9.97 Å². The normalized spacial score (nSPS) is 23.0. The number of aromatic nitrogens is 2. The minimum atomic E-state index is 0.405. The molecule has 1 saturated carbocycles. The standard InChI is InChI=1S/C11H17BrN4O/c1-3-17-8-4-7(5-8)16-11-9(12)10(13-2)14-6-15-11/h6-8H,3-5H2,1-2H3,(H2,13,14,15,16). The fraction of sp³-hybridized carbons (Fsp3) is 0.636. The quantitative estimate of drug-likeness (QED) is 0.873. The van der Waals surface area contributed by atoms with Crippen molar-refractivity contribution in [3.05, 3.63) is 10.8 Å². The van der Waals surface area contributed by atoms with Crippen LogP contribution in [-0.4, -0.2) is 35.8 Å². The molecule has 2 N–H and O–H groups in total. The van der Waals surface area contributed by atoms with Crippen molar-refractivity contribution in [2.45, 2.75) is 31.9 Å². The monoisotopic (exact) mass is 300 g/mol. The minimum absolute atomic E-state index is 0.405. The summed E-state index contributed by atoms with van der Waals surface area (Å²) < 4.78 is 6.40. The zero-order valence-electron chi connectivity index (χ0n) is 10.0. The summed E-state index contributed by atoms with van der Waals surface area (Å²) in [6, 6.07) is 0.447. The molecular weight excluding hydrogens is 284 g/mol. The summed E-state index contributed by atoms with van der Waals surface area (Å²) in [5.74, 6) is 1.63. The fourth-order valence-electron chi connectivity index (χ4n) is 1.89. The maximum Gasteiger partial charge on any atom is 0.146 e. The molecule has 6 heteroatoms. The zero-order chi connectivity index (χ0) is 12.3. The van der Waals surface area contributed by atoms with Crippen LogP contribution in [0.4, 0.5) is 11.6 Å². The Morgan fingerprint density at radius 3 is 2.76 bits per heavy atom. The maximum atomic E-state index is 5.52. The molecule has 1 aromatic heterocycles. The molecule has 0 bridgehead atoms. The van der Waals surface area contributed by atoms with Gasteiger partial charge in [0.15, 0.2) is 0 Å². The number of rotatable bonds is 5. The lowest BCUT2D eigenvalue weighted by Gasteiger charge is -2.35. The van der Waals surface area contributed by atoms with E-state index in [0.29, 0.717) is 12.1 Å². The number of nitrogens with zero attached hydrogens (tertiary/aromatic N) is 2. The van der Waals surface area contributed by atoms with Crippen molar-refractivity contribution in [2.75, 3.05) is 24.3 Å². The summed E-state index contributed by atoms with van der Waals surface area (Å²) in [5.41, 5.74) is 0. The van der Waals surface area contributed by atoms with Crippen molar-refractivity contribution >= 4 is 27.6 Å². The Morgan fingerprint density at radius 1 is 1.41 bits per heavy atom. The number of nitrogens with one attached hydrogen (secondary N) is 2. The molecule has 5 nitrogen and oxygen atoms in total. The van der Waals surface area contributed by atoms with Gasteiger partial charge in [0.25, 0.3) is 0 Å². The number of ether oxygens (including phenoxy) is 1. The zero-order valence-corrected chi connectivity index (χ0v) is 11.6. The largest absolute Gasteiger partial charge is 0.378 e. The lowest BCUT2D eigenvalue weighted by Crippen LogP contribution is -2.41. The van der Waals surface area contributed by atoms with Gasteiger partial charge in [-0.2, -0.15) is 0 Å². The second kappa shape index (κ2) is 5.64. The van der Waals surface area contributed by atoms with E-state index >= 15 is 0 Å². The van der Waals surface area contributed by atoms with Gasteiger partial charge >= 0.3 is 0 Å². The highest BCUT2D eigenvalue weighted by Crippen LogP contribution is 2.31. The predicted octanol–water partition coefficient (Wildman–Crippen LogP) is 2.26. The third kappa shape index (κ3) is 2.87. The molecule has 0 aromatic carbocycles. The van der Waals surface area contributed by atoms with E-state index in [0.717, 1.165) is 35.6 Å². The number of hydrogen-bond acceptors (Lipinski definition) is 5. The van der Waals surface area contributed by atoms with E-state index in [2.05, 4.69) is 36.5 Å². The summed E-state index contributed by atoms with van der Waals surface area (Å²) in [6.07, 6.45) is 4.04. The molecular formula is C11H17BrN4O. The molecule has 0 radical (unpaired) electrons. The van der Waals surface area contributed by atoms with Gasteiger partial charge in [0.05, 0.1) is 6.10 Å². The van der Waals surface area contributed by atoms with Gasteiger partial charge in [0.1, 0.15) is 22.4 Å². The molecule has 17 heavy (non-hydrogen) atoms. The van der Waals surface area contributed by atoms with Crippen LogP contribution in [0.25, 0.3) is 0 Å². The summed E-state index contributed by atoms with van der Waals surface area (Å²) in [6.45, 7) is 2.82. The molecule has 0 aliphatic heterocycles. The third-order valence-corrected chi connectivity index (χ3v) is 3.62. The Labute approximate surface area is 110 Å². The lowest BCUT2D eigenvalue weighted by molar-refractivity contribution is 0.00291. The molecule has 0 unspecified atom stereocenters. The molecule has 2 rings (SSSR count). The Hall–Kier alpha value is -0.880. The average molecular weight is 301 g/mol. The van der Waals surface area contributed by atoms with E-state index in [1.165, 1.54) is 0 Å². The van der Waals surface area contributed by atoms with Crippen molar-refractivity contribution in [3.63, 3.8) is 0 Å². The molecule has 94 valence electrons. The fourth-order valence-corrected chi connectivity index (χ4v) is 2.41. The van der Waals surface area contributed by atoms with Crippen LogP contribution >= 0.6 is 15.9 Å². The topological polar surface area (TPSA) is 59.1 Å². The van der Waals surface area contributed by atoms with Gasteiger partial charge in [-0.15, -0.1) is 0 Å². The van der Waals surface area contributed by atoms with Crippen LogP contribution in [0.5, 0.6) is 0 Å². The molecule has 0 saturated heterocycles. The molecule has 1 aromatic rings. The van der Waals surface area contributed by atoms with E-state index < -0.39 is 0 Å². The van der Waals surface area contributed by atoms with E-state index in [1.807, 2.05) is 14.0 Å². The van der Waals surface area contributed by atoms with Gasteiger partial charge in [-0.05, 0) is 35.7 Å². The van der Waals surface area contributed by atoms with Gasteiger partial charge in [0, 0.05) is 19.7 Å². The minimum Gasteiger partial charge on any atom is -0.378 e. The summed E-state index contributed by atoms with van der Waals surface area (Å²) in [7, 11) is 1.84. The van der Waals surface area contributed by atoms with Crippen LogP contribution in [0.15, 0.2) is 10.8 Å². The van der Waals surface area contributed by atoms with Crippen LogP contribution in [0.3, 0.4) is 0 Å². The number of hydrogen-bond donors (Lipinski definition) is 2. The first-order chi connectivity index (χ1) is 8.24. The molecule has 0 amide bonds. The van der Waals surface area contributed by atoms with Crippen molar-refractivity contribution in [1.29, 1.82) is 0 Å². The van der Waals surface area contributed by atoms with E-state index in [4.69, 9.17) is 4.74 Å². The third-order valence-electron chi connectivity index (χ3n) is 2.86. The van der Waals surface area contributed by atoms with Crippen molar-refractivity contribution in [1.82, 2.24) is 9.97 Å². The molecule has 0 atom stereocenters. The Bertz CT molecular complexity index is 382. The maximum absolute atomic E-state index is 5.52. The highest BCUT2D eigenvalue weighted by atomic mass is 79.9. The predicted molar refractivity (Wildman–Crippen MR) is 71.3 cm³/mol. The van der Waals surface area contributed by atoms with Gasteiger partial charge in [-0.1, -0.05) is 0 Å². The SMILES string of the molecule is CCOC1CC(Nc2ncnc(NC)c2Br)C1. The first kappa shape index (κ1) is 12.6. The number of anilines is 2. The summed E-state index contributed by atoms with van der Waals surface area (Å²) in [5, 5.41) is 6.40. The smallest absolute Gasteiger partial charge is 0.146 e. The van der Waals surface area contributed by atoms with E-state index in [-0.39, 0.29) is 0 Å². The molecule has 0 spiro atoms. The van der Waals surface area contributed by atoms with Crippen LogP contribution in [0, 0.1) is 0 Å². The van der Waals surface area contributed by atoms with Crippen molar-refractivity contribution in [3.8, 4) is 0 Å². The lowest BCUT2D eigenvalue weighted by atomic mass is 9.89. The highest BCUT2D eigenvalue weighted by molar-refractivity contribution is 9.10. The van der Waals surface area contributed by atoms with Crippen LogP contribution in [0.2, 0.25) is 0 Å². The van der Waals surface area contributed by atoms with E-state index in [1.54, 1.807) is 6.33 Å². The second-order valence-electron chi connectivity index (χ2n) is 4.02. The number of halogens is 1. The van der Waals surface area contributed by atoms with E-state index in [9.17, 15) is 0 Å². The van der Waals surface area contributed by atoms with Crippen LogP contribution in [0.1, 0.15) is 19.8 Å². The van der Waals surface area contributed by atoms with Gasteiger partial charge in [0.2, 0.25) is 0 Å². The Kier molecular flexibility index (Phi) is 4.17. The molecule has 1 aliphatic rings. The van der Waals surface area contributed by atoms with Crippen LogP contribution in [-0.2, 0) is 4.74 Å². The van der Waals surface area contributed by atoms with Gasteiger partial charge < -0.3 is 15.4 Å². The Balaban J connectivity index is 1.92. The average Bonchev–Trinajstić information content (AvgIpc) is 2.28. The van der Waals surface area contributed by atoms with Crippen molar-refractivity contribution < 1.29 is 4.74 Å². The van der Waals surface area contributed by atoms with Crippen molar-refractivity contribution in [2.24, 2.45) is 0 Å². The highest BCUT2D eigenvalue weighted by Gasteiger charge is 2.30. The molecule has 1 aliphatic carbocycles. The Morgan fingerprint density at radius 2 is 2.12 bits per heavy atom. The second-order valence-corrected chi connectivity index (χ2v) is 4.82. The summed E-state index contributed by atoms with van der Waals surface area (Å²) in [4.78, 5) is 8.35. The first-order valence-corrected chi connectivity index (χ1v) is 6.60. The molecule has 1 heterocycles.